The number of aryl methyl sites for hydroxylation is 1. The van der Waals surface area contributed by atoms with Crippen LogP contribution >= 0.6 is 0 Å². The van der Waals surface area contributed by atoms with E-state index in [1.165, 1.54) is 0 Å². The minimum atomic E-state index is -0.828. The summed E-state index contributed by atoms with van der Waals surface area (Å²) >= 11 is 0. The Morgan fingerprint density at radius 1 is 1.43 bits per heavy atom. The van der Waals surface area contributed by atoms with E-state index >= 15 is 0 Å². The second-order valence-corrected chi connectivity index (χ2v) is 5.53. The summed E-state index contributed by atoms with van der Waals surface area (Å²) in [5.74, 6) is 0.661. The molecule has 5 heteroatoms. The molecule has 1 fully saturated rings. The van der Waals surface area contributed by atoms with Gasteiger partial charge in [-0.25, -0.2) is 0 Å². The Hall–Kier alpha value is -1.59. The molecule has 21 heavy (non-hydrogen) atoms. The van der Waals surface area contributed by atoms with Gasteiger partial charge in [-0.05, 0) is 24.6 Å². The van der Waals surface area contributed by atoms with Crippen LogP contribution in [0.4, 0.5) is 0 Å². The van der Waals surface area contributed by atoms with Gasteiger partial charge in [0.15, 0.2) is 0 Å². The first-order valence-corrected chi connectivity index (χ1v) is 7.34. The molecule has 1 aromatic rings. The molecule has 2 rings (SSSR count). The fraction of sp³-hybridized carbons (Fsp3) is 0.562. The third kappa shape index (κ3) is 5.36. The van der Waals surface area contributed by atoms with Crippen LogP contribution < -0.4 is 10.1 Å². The van der Waals surface area contributed by atoms with Crippen LogP contribution in [-0.2, 0) is 9.53 Å². The highest BCUT2D eigenvalue weighted by atomic mass is 16.5. The van der Waals surface area contributed by atoms with E-state index in [1.54, 1.807) is 0 Å². The molecule has 0 aliphatic carbocycles. The van der Waals surface area contributed by atoms with Gasteiger partial charge in [-0.15, -0.1) is 0 Å². The van der Waals surface area contributed by atoms with E-state index in [4.69, 9.17) is 9.47 Å². The van der Waals surface area contributed by atoms with Gasteiger partial charge < -0.3 is 19.9 Å². The Morgan fingerprint density at radius 3 is 2.90 bits per heavy atom. The van der Waals surface area contributed by atoms with Crippen LogP contribution in [-0.4, -0.2) is 43.0 Å². The number of amides is 1. The lowest BCUT2D eigenvalue weighted by atomic mass is 9.94. The van der Waals surface area contributed by atoms with Crippen molar-refractivity contribution in [3.8, 4) is 5.75 Å². The average Bonchev–Trinajstić information content (AvgIpc) is 2.46. The molecule has 0 bridgehead atoms. The van der Waals surface area contributed by atoms with Gasteiger partial charge >= 0.3 is 0 Å². The molecule has 116 valence electrons. The zero-order valence-electron chi connectivity index (χ0n) is 12.4. The fourth-order valence-corrected chi connectivity index (χ4v) is 2.25. The third-order valence-corrected chi connectivity index (χ3v) is 3.63. The van der Waals surface area contributed by atoms with Crippen molar-refractivity contribution < 1.29 is 19.4 Å². The predicted octanol–water partition coefficient (Wildman–Crippen LogP) is 1.42. The van der Waals surface area contributed by atoms with Crippen LogP contribution in [0, 0.1) is 6.92 Å². The van der Waals surface area contributed by atoms with Gasteiger partial charge in [-0.1, -0.05) is 12.1 Å². The Bertz CT molecular complexity index is 469. The maximum Gasteiger partial charge on any atom is 0.223 e. The molecule has 1 aliphatic heterocycles. The molecule has 0 saturated carbocycles. The van der Waals surface area contributed by atoms with E-state index in [9.17, 15) is 9.90 Å². The van der Waals surface area contributed by atoms with Crippen molar-refractivity contribution in [1.29, 1.82) is 0 Å². The highest BCUT2D eigenvalue weighted by molar-refractivity contribution is 5.76. The Balaban J connectivity index is 1.65. The molecule has 1 amide bonds. The maximum atomic E-state index is 11.8. The van der Waals surface area contributed by atoms with E-state index in [-0.39, 0.29) is 18.9 Å². The maximum absolute atomic E-state index is 11.8. The molecule has 1 saturated heterocycles. The number of aliphatic hydroxyl groups is 1. The number of hydrogen-bond acceptors (Lipinski definition) is 4. The smallest absolute Gasteiger partial charge is 0.223 e. The lowest BCUT2D eigenvalue weighted by Crippen LogP contribution is -2.46. The van der Waals surface area contributed by atoms with Crippen molar-refractivity contribution in [2.45, 2.75) is 31.8 Å². The van der Waals surface area contributed by atoms with E-state index in [0.29, 0.717) is 32.7 Å². The molecule has 0 aromatic heterocycles. The van der Waals surface area contributed by atoms with Gasteiger partial charge in [0.1, 0.15) is 5.75 Å². The minimum absolute atomic E-state index is 0.109. The first kappa shape index (κ1) is 15.8. The number of rotatable bonds is 6. The first-order valence-electron chi connectivity index (χ1n) is 7.34. The molecular weight excluding hydrogens is 270 g/mol. The van der Waals surface area contributed by atoms with Gasteiger partial charge in [-0.3, -0.25) is 4.79 Å². The zero-order valence-corrected chi connectivity index (χ0v) is 12.4. The molecule has 0 spiro atoms. The number of hydrogen-bond donors (Lipinski definition) is 2. The number of ether oxygens (including phenoxy) is 2. The van der Waals surface area contributed by atoms with Crippen LogP contribution in [0.2, 0.25) is 0 Å². The number of benzene rings is 1. The van der Waals surface area contributed by atoms with Crippen molar-refractivity contribution in [3.05, 3.63) is 29.8 Å². The van der Waals surface area contributed by atoms with Crippen LogP contribution in [0.3, 0.4) is 0 Å². The van der Waals surface area contributed by atoms with E-state index in [1.807, 2.05) is 31.2 Å². The third-order valence-electron chi connectivity index (χ3n) is 3.63. The van der Waals surface area contributed by atoms with E-state index in [2.05, 4.69) is 5.32 Å². The monoisotopic (exact) mass is 293 g/mol. The predicted molar refractivity (Wildman–Crippen MR) is 79.3 cm³/mol. The van der Waals surface area contributed by atoms with Crippen LogP contribution in [0.5, 0.6) is 5.75 Å². The Kier molecular flexibility index (Phi) is 5.59. The fourth-order valence-electron chi connectivity index (χ4n) is 2.25. The second-order valence-electron chi connectivity index (χ2n) is 5.53. The summed E-state index contributed by atoms with van der Waals surface area (Å²) in [5.41, 5.74) is 0.296. The molecule has 1 aliphatic rings. The van der Waals surface area contributed by atoms with Crippen molar-refractivity contribution in [1.82, 2.24) is 5.32 Å². The SMILES string of the molecule is Cc1cccc(OCCC(=O)NCC2(O)CCOCC2)c1. The Morgan fingerprint density at radius 2 is 2.19 bits per heavy atom. The Labute approximate surface area is 125 Å². The highest BCUT2D eigenvalue weighted by Crippen LogP contribution is 2.19. The summed E-state index contributed by atoms with van der Waals surface area (Å²) in [6.07, 6.45) is 1.40. The summed E-state index contributed by atoms with van der Waals surface area (Å²) in [4.78, 5) is 11.8. The van der Waals surface area contributed by atoms with Gasteiger partial charge in [0, 0.05) is 32.6 Å². The lowest BCUT2D eigenvalue weighted by molar-refractivity contribution is -0.124. The van der Waals surface area contributed by atoms with Gasteiger partial charge in [0.25, 0.3) is 0 Å². The molecule has 2 N–H and O–H groups in total. The summed E-state index contributed by atoms with van der Waals surface area (Å²) < 4.78 is 10.7. The lowest BCUT2D eigenvalue weighted by Gasteiger charge is -2.32. The molecule has 0 radical (unpaired) electrons. The van der Waals surface area contributed by atoms with Gasteiger partial charge in [0.2, 0.25) is 5.91 Å². The van der Waals surface area contributed by atoms with E-state index in [0.717, 1.165) is 11.3 Å². The standard InChI is InChI=1S/C16H23NO4/c1-13-3-2-4-14(11-13)21-8-5-15(18)17-12-16(19)6-9-20-10-7-16/h2-4,11,19H,5-10,12H2,1H3,(H,17,18). The number of nitrogens with one attached hydrogen (secondary N) is 1. The quantitative estimate of drug-likeness (QED) is 0.832. The van der Waals surface area contributed by atoms with Gasteiger partial charge in [-0.2, -0.15) is 0 Å². The zero-order chi connectivity index (χ0) is 15.1. The van der Waals surface area contributed by atoms with Gasteiger partial charge in [0.05, 0.1) is 18.6 Å². The summed E-state index contributed by atoms with van der Waals surface area (Å²) in [6, 6.07) is 7.72. The summed E-state index contributed by atoms with van der Waals surface area (Å²) in [5, 5.41) is 13.0. The van der Waals surface area contributed by atoms with Crippen molar-refractivity contribution in [2.75, 3.05) is 26.4 Å². The molecule has 0 unspecified atom stereocenters. The number of carbonyl (C=O) groups excluding carboxylic acids is 1. The summed E-state index contributed by atoms with van der Waals surface area (Å²) in [6.45, 7) is 3.69. The van der Waals surface area contributed by atoms with Crippen LogP contribution in [0.25, 0.3) is 0 Å². The molecule has 5 nitrogen and oxygen atoms in total. The molecule has 0 atom stereocenters. The van der Waals surface area contributed by atoms with Crippen molar-refractivity contribution in [3.63, 3.8) is 0 Å². The molecular formula is C16H23NO4. The molecule has 1 heterocycles. The van der Waals surface area contributed by atoms with Crippen LogP contribution in [0.1, 0.15) is 24.8 Å². The average molecular weight is 293 g/mol. The second kappa shape index (κ2) is 7.43. The largest absolute Gasteiger partial charge is 0.493 e. The van der Waals surface area contributed by atoms with E-state index < -0.39 is 5.60 Å². The number of carbonyl (C=O) groups is 1. The normalized spacial score (nSPS) is 17.2. The first-order chi connectivity index (χ1) is 10.1. The van der Waals surface area contributed by atoms with Crippen LogP contribution in [0.15, 0.2) is 24.3 Å². The topological polar surface area (TPSA) is 67.8 Å². The van der Waals surface area contributed by atoms with Crippen molar-refractivity contribution >= 4 is 5.91 Å². The molecule has 1 aromatic carbocycles. The van der Waals surface area contributed by atoms with Crippen molar-refractivity contribution in [2.24, 2.45) is 0 Å². The summed E-state index contributed by atoms with van der Waals surface area (Å²) in [7, 11) is 0. The highest BCUT2D eigenvalue weighted by Gasteiger charge is 2.29. The minimum Gasteiger partial charge on any atom is -0.493 e.